The van der Waals surface area contributed by atoms with Crippen LogP contribution >= 0.6 is 34.9 Å². The monoisotopic (exact) mass is 490 g/mol. The van der Waals surface area contributed by atoms with E-state index in [1.165, 1.54) is 11.1 Å². The molecule has 5 aromatic rings. The lowest BCUT2D eigenvalue weighted by atomic mass is 10.2. The number of hydrogen-bond acceptors (Lipinski definition) is 7. The van der Waals surface area contributed by atoms with Crippen LogP contribution in [0.25, 0.3) is 0 Å². The molecular weight excluding hydrogens is 469 g/mol. The van der Waals surface area contributed by atoms with Crippen molar-refractivity contribution in [3.8, 4) is 0 Å². The molecule has 3 aromatic heterocycles. The van der Waals surface area contributed by atoms with Crippen molar-refractivity contribution < 1.29 is 0 Å². The van der Waals surface area contributed by atoms with Crippen LogP contribution in [0, 0.1) is 0 Å². The molecule has 0 bridgehead atoms. The van der Waals surface area contributed by atoms with Gasteiger partial charge in [-0.1, -0.05) is 95.5 Å². The van der Waals surface area contributed by atoms with Gasteiger partial charge in [-0.25, -0.2) is 9.97 Å². The SMILES string of the molecule is c1ccc(Cn2ccnc2CSc2nnc(SCc3nccn3Cc3ccccc3)s2)cc1. The van der Waals surface area contributed by atoms with E-state index in [1.807, 2.05) is 36.9 Å². The summed E-state index contributed by atoms with van der Waals surface area (Å²) in [4.78, 5) is 9.06. The molecule has 0 amide bonds. The molecule has 0 saturated heterocycles. The quantitative estimate of drug-likeness (QED) is 0.237. The predicted octanol–water partition coefficient (Wildman–Crippen LogP) is 5.61. The summed E-state index contributed by atoms with van der Waals surface area (Å²) in [5.41, 5.74) is 2.53. The van der Waals surface area contributed by atoms with Gasteiger partial charge in [0.05, 0.1) is 11.5 Å². The first-order valence-corrected chi connectivity index (χ1v) is 13.3. The van der Waals surface area contributed by atoms with Gasteiger partial charge in [-0.05, 0) is 11.1 Å². The lowest BCUT2D eigenvalue weighted by Gasteiger charge is -2.07. The van der Waals surface area contributed by atoms with Gasteiger partial charge in [0.1, 0.15) is 11.6 Å². The van der Waals surface area contributed by atoms with Crippen molar-refractivity contribution in [2.24, 2.45) is 0 Å². The molecule has 5 rings (SSSR count). The minimum atomic E-state index is 0.764. The first-order valence-electron chi connectivity index (χ1n) is 10.5. The smallest absolute Gasteiger partial charge is 0.175 e. The largest absolute Gasteiger partial charge is 0.330 e. The average Bonchev–Trinajstić information content (AvgIpc) is 3.59. The minimum Gasteiger partial charge on any atom is -0.330 e. The maximum absolute atomic E-state index is 4.53. The highest BCUT2D eigenvalue weighted by atomic mass is 32.2. The molecule has 0 aliphatic rings. The number of benzene rings is 2. The molecule has 0 aliphatic carbocycles. The summed E-state index contributed by atoms with van der Waals surface area (Å²) < 4.78 is 6.29. The van der Waals surface area contributed by atoms with Crippen molar-refractivity contribution >= 4 is 34.9 Å². The second-order valence-corrected chi connectivity index (χ2v) is 10.7. The summed E-state index contributed by atoms with van der Waals surface area (Å²) in [6, 6.07) is 20.9. The van der Waals surface area contributed by atoms with Crippen molar-refractivity contribution in [1.29, 1.82) is 0 Å². The second kappa shape index (κ2) is 10.8. The van der Waals surface area contributed by atoms with Gasteiger partial charge < -0.3 is 9.13 Å². The Hall–Kier alpha value is -2.88. The molecule has 6 nitrogen and oxygen atoms in total. The molecule has 0 fully saturated rings. The Morgan fingerprint density at radius 3 is 1.55 bits per heavy atom. The van der Waals surface area contributed by atoms with E-state index in [-0.39, 0.29) is 0 Å². The average molecular weight is 491 g/mol. The van der Waals surface area contributed by atoms with Crippen molar-refractivity contribution in [2.75, 3.05) is 0 Å². The fourth-order valence-corrected chi connectivity index (χ4v) is 6.33. The van der Waals surface area contributed by atoms with Crippen LogP contribution in [-0.2, 0) is 24.6 Å². The fourth-order valence-electron chi connectivity index (χ4n) is 3.37. The number of rotatable bonds is 10. The summed E-state index contributed by atoms with van der Waals surface area (Å²) in [6.45, 7) is 1.65. The summed E-state index contributed by atoms with van der Waals surface area (Å²) in [5.74, 6) is 3.61. The molecule has 0 N–H and O–H groups in total. The third kappa shape index (κ3) is 5.93. The van der Waals surface area contributed by atoms with Gasteiger partial charge in [0.15, 0.2) is 8.68 Å². The maximum Gasteiger partial charge on any atom is 0.175 e. The third-order valence-corrected chi connectivity index (χ3v) is 8.21. The molecule has 33 heavy (non-hydrogen) atoms. The number of aromatic nitrogens is 6. The van der Waals surface area contributed by atoms with E-state index in [1.54, 1.807) is 34.9 Å². The van der Waals surface area contributed by atoms with Crippen LogP contribution in [0.3, 0.4) is 0 Å². The van der Waals surface area contributed by atoms with Crippen molar-refractivity contribution in [3.63, 3.8) is 0 Å². The molecule has 0 saturated carbocycles. The van der Waals surface area contributed by atoms with Gasteiger partial charge in [-0.2, -0.15) is 0 Å². The van der Waals surface area contributed by atoms with Gasteiger partial charge >= 0.3 is 0 Å². The topological polar surface area (TPSA) is 61.4 Å². The van der Waals surface area contributed by atoms with E-state index in [0.29, 0.717) is 0 Å². The Labute approximate surface area is 205 Å². The Morgan fingerprint density at radius 2 is 1.09 bits per heavy atom. The zero-order chi connectivity index (χ0) is 22.3. The van der Waals surface area contributed by atoms with Crippen LogP contribution in [0.2, 0.25) is 0 Å². The first-order chi connectivity index (χ1) is 16.3. The molecule has 0 spiro atoms. The van der Waals surface area contributed by atoms with Crippen molar-refractivity contribution in [1.82, 2.24) is 29.3 Å². The Kier molecular flexibility index (Phi) is 7.20. The maximum atomic E-state index is 4.53. The van der Waals surface area contributed by atoms with Gasteiger partial charge in [-0.15, -0.1) is 10.2 Å². The minimum absolute atomic E-state index is 0.764. The summed E-state index contributed by atoms with van der Waals surface area (Å²) >= 11 is 4.98. The summed E-state index contributed by atoms with van der Waals surface area (Å²) in [6.07, 6.45) is 7.78. The number of thioether (sulfide) groups is 2. The van der Waals surface area contributed by atoms with Crippen molar-refractivity contribution in [2.45, 2.75) is 33.3 Å². The van der Waals surface area contributed by atoms with Gasteiger partial charge in [0.2, 0.25) is 0 Å². The second-order valence-electron chi connectivity index (χ2n) is 7.33. The summed E-state index contributed by atoms with van der Waals surface area (Å²) in [5, 5.41) is 8.73. The van der Waals surface area contributed by atoms with Gasteiger partial charge in [0, 0.05) is 37.9 Å². The number of imidazole rings is 2. The molecule has 2 aromatic carbocycles. The van der Waals surface area contributed by atoms with Crippen LogP contribution < -0.4 is 0 Å². The highest BCUT2D eigenvalue weighted by Crippen LogP contribution is 2.32. The Morgan fingerprint density at radius 1 is 0.636 bits per heavy atom. The van der Waals surface area contributed by atoms with E-state index >= 15 is 0 Å². The van der Waals surface area contributed by atoms with Crippen LogP contribution in [-0.4, -0.2) is 29.3 Å². The Bertz CT molecular complexity index is 1180. The van der Waals surface area contributed by atoms with Crippen LogP contribution in [0.1, 0.15) is 22.8 Å². The molecule has 0 unspecified atom stereocenters. The molecule has 3 heterocycles. The van der Waals surface area contributed by atoms with Gasteiger partial charge in [0.25, 0.3) is 0 Å². The molecule has 166 valence electrons. The van der Waals surface area contributed by atoms with E-state index in [9.17, 15) is 0 Å². The normalized spacial score (nSPS) is 11.2. The zero-order valence-corrected chi connectivity index (χ0v) is 20.3. The standard InChI is InChI=1S/C24H22N6S3/c1-3-7-19(8-4-1)15-29-13-11-25-21(29)17-31-23-27-28-24(33-23)32-18-22-26-12-14-30(22)16-20-9-5-2-6-10-20/h1-14H,15-18H2. The molecule has 9 heteroatoms. The predicted molar refractivity (Wildman–Crippen MR) is 135 cm³/mol. The molecule has 0 aliphatic heterocycles. The lowest BCUT2D eigenvalue weighted by molar-refractivity contribution is 0.756. The summed E-state index contributed by atoms with van der Waals surface area (Å²) in [7, 11) is 0. The Balaban J connectivity index is 1.15. The van der Waals surface area contributed by atoms with Crippen LogP contribution in [0.5, 0.6) is 0 Å². The third-order valence-electron chi connectivity index (χ3n) is 5.03. The van der Waals surface area contributed by atoms with E-state index in [0.717, 1.165) is 44.9 Å². The highest BCUT2D eigenvalue weighted by Gasteiger charge is 2.11. The molecule has 0 radical (unpaired) electrons. The zero-order valence-electron chi connectivity index (χ0n) is 17.8. The van der Waals surface area contributed by atoms with Gasteiger partial charge in [-0.3, -0.25) is 0 Å². The van der Waals surface area contributed by atoms with E-state index < -0.39 is 0 Å². The molecule has 0 atom stereocenters. The fraction of sp³-hybridized carbons (Fsp3) is 0.167. The number of nitrogens with zero attached hydrogens (tertiary/aromatic N) is 6. The van der Waals surface area contributed by atoms with Crippen LogP contribution in [0.4, 0.5) is 0 Å². The van der Waals surface area contributed by atoms with Crippen LogP contribution in [0.15, 0.2) is 94.1 Å². The van der Waals surface area contributed by atoms with Crippen molar-refractivity contribution in [3.05, 3.63) is 108 Å². The van der Waals surface area contributed by atoms with E-state index in [4.69, 9.17) is 0 Å². The van der Waals surface area contributed by atoms with E-state index in [2.05, 4.69) is 77.8 Å². The highest BCUT2D eigenvalue weighted by molar-refractivity contribution is 8.02. The number of hydrogen-bond donors (Lipinski definition) is 0. The first kappa shape index (κ1) is 21.9. The lowest BCUT2D eigenvalue weighted by Crippen LogP contribution is -2.03. The molecular formula is C24H22N6S3.